The number of fused-ring (bicyclic) bond motifs is 1. The largest absolute Gasteiger partial charge is 0.497 e. The van der Waals surface area contributed by atoms with Crippen LogP contribution in [0.25, 0.3) is 0 Å². The van der Waals surface area contributed by atoms with Crippen LogP contribution in [-0.4, -0.2) is 59.2 Å². The number of ether oxygens (including phenoxy) is 1. The number of nitrogens with zero attached hydrogens (tertiary/aromatic N) is 6. The molecule has 202 valence electrons. The Labute approximate surface area is 231 Å². The van der Waals surface area contributed by atoms with Crippen molar-refractivity contribution >= 4 is 29.1 Å². The molecular formula is C30H28N6O4. The number of carbonyl (C=O) groups excluding carboxylic acids is 3. The number of methoxy groups -OCH3 is 1. The van der Waals surface area contributed by atoms with Crippen LogP contribution < -0.4 is 9.64 Å². The zero-order chi connectivity index (χ0) is 28.0. The first-order valence-electron chi connectivity index (χ1n) is 13.1. The van der Waals surface area contributed by atoms with Crippen molar-refractivity contribution in [3.63, 3.8) is 0 Å². The summed E-state index contributed by atoms with van der Waals surface area (Å²) in [5.41, 5.74) is 5.24. The molecule has 3 aromatic carbocycles. The molecule has 3 aliphatic rings. The second-order valence-electron chi connectivity index (χ2n) is 10.2. The quantitative estimate of drug-likeness (QED) is 0.443. The van der Waals surface area contributed by atoms with E-state index in [2.05, 4.69) is 10.3 Å². The lowest BCUT2D eigenvalue weighted by Crippen LogP contribution is -2.44. The van der Waals surface area contributed by atoms with Gasteiger partial charge in [-0.3, -0.25) is 19.4 Å². The molecule has 0 N–H and O–H groups in total. The highest BCUT2D eigenvalue weighted by molar-refractivity contribution is 6.25. The molecule has 10 nitrogen and oxygen atoms in total. The molecule has 6 rings (SSSR count). The van der Waals surface area contributed by atoms with E-state index in [1.54, 1.807) is 19.2 Å². The Morgan fingerprint density at radius 2 is 1.55 bits per heavy atom. The van der Waals surface area contributed by atoms with Crippen molar-refractivity contribution in [3.8, 4) is 5.75 Å². The van der Waals surface area contributed by atoms with Crippen molar-refractivity contribution in [1.29, 1.82) is 0 Å². The average Bonchev–Trinajstić information content (AvgIpc) is 3.65. The molecule has 1 saturated heterocycles. The maximum Gasteiger partial charge on any atom is 0.264 e. The molecule has 3 amide bonds. The summed E-state index contributed by atoms with van der Waals surface area (Å²) < 4.78 is 5.30. The Hall–Kier alpha value is -4.86. The van der Waals surface area contributed by atoms with Gasteiger partial charge in [0.25, 0.3) is 17.7 Å². The van der Waals surface area contributed by atoms with Gasteiger partial charge in [-0.25, -0.2) is 9.91 Å². The maximum atomic E-state index is 13.7. The van der Waals surface area contributed by atoms with Gasteiger partial charge in [0, 0.05) is 6.42 Å². The number of imide groups is 1. The van der Waals surface area contributed by atoms with Gasteiger partial charge in [-0.1, -0.05) is 64.9 Å². The van der Waals surface area contributed by atoms with E-state index in [1.807, 2.05) is 74.5 Å². The third kappa shape index (κ3) is 4.41. The van der Waals surface area contributed by atoms with Crippen molar-refractivity contribution in [3.05, 3.63) is 95.1 Å². The summed E-state index contributed by atoms with van der Waals surface area (Å²) in [6.07, 6.45) is 0.521. The van der Waals surface area contributed by atoms with Crippen molar-refractivity contribution in [1.82, 2.24) is 10.0 Å². The summed E-state index contributed by atoms with van der Waals surface area (Å²) in [6.45, 7) is 3.70. The number of hydrogen-bond acceptors (Lipinski definition) is 8. The fourth-order valence-corrected chi connectivity index (χ4v) is 5.26. The number of amides is 3. The van der Waals surface area contributed by atoms with Gasteiger partial charge in [0.15, 0.2) is 12.1 Å². The van der Waals surface area contributed by atoms with Crippen molar-refractivity contribution in [2.45, 2.75) is 38.4 Å². The van der Waals surface area contributed by atoms with Crippen LogP contribution in [0.4, 0.5) is 5.69 Å². The van der Waals surface area contributed by atoms with Gasteiger partial charge in [0.2, 0.25) is 0 Å². The van der Waals surface area contributed by atoms with E-state index in [1.165, 1.54) is 10.0 Å². The van der Waals surface area contributed by atoms with Crippen LogP contribution in [0.3, 0.4) is 0 Å². The molecule has 0 bridgehead atoms. The molecule has 0 spiro atoms. The van der Waals surface area contributed by atoms with Crippen LogP contribution >= 0.6 is 0 Å². The van der Waals surface area contributed by atoms with Crippen molar-refractivity contribution < 1.29 is 19.1 Å². The van der Waals surface area contributed by atoms with Crippen LogP contribution in [0.2, 0.25) is 0 Å². The Balaban J connectivity index is 1.26. The monoisotopic (exact) mass is 536 g/mol. The fourth-order valence-electron chi connectivity index (χ4n) is 5.26. The lowest BCUT2D eigenvalue weighted by Gasteiger charge is -2.25. The van der Waals surface area contributed by atoms with Crippen LogP contribution in [0.5, 0.6) is 5.75 Å². The number of aryl methyl sites for hydroxylation is 2. The highest BCUT2D eigenvalue weighted by atomic mass is 16.5. The number of carbonyl (C=O) groups is 3. The Morgan fingerprint density at radius 1 is 0.900 bits per heavy atom. The summed E-state index contributed by atoms with van der Waals surface area (Å²) in [5.74, 6) is -0.537. The summed E-state index contributed by atoms with van der Waals surface area (Å²) in [4.78, 5) is 41.3. The highest BCUT2D eigenvalue weighted by Crippen LogP contribution is 2.36. The van der Waals surface area contributed by atoms with Crippen LogP contribution in [0.1, 0.15) is 34.7 Å². The predicted octanol–water partition coefficient (Wildman–Crippen LogP) is 3.98. The molecule has 3 heterocycles. The predicted molar refractivity (Wildman–Crippen MR) is 148 cm³/mol. The number of anilines is 1. The smallest absolute Gasteiger partial charge is 0.264 e. The molecular weight excluding hydrogens is 508 g/mol. The Morgan fingerprint density at radius 3 is 2.20 bits per heavy atom. The van der Waals surface area contributed by atoms with E-state index in [0.717, 1.165) is 32.9 Å². The number of rotatable bonds is 6. The first kappa shape index (κ1) is 25.4. The van der Waals surface area contributed by atoms with Crippen molar-refractivity contribution in [2.75, 3.05) is 18.6 Å². The first-order chi connectivity index (χ1) is 19.3. The standard InChI is InChI=1S/C30H28N6O4/c1-18-4-8-20(9-5-18)24-16-25(21-10-14-23(40-3)15-11-21)36(32-24)26(37)17-34-28-27(31-33-34)29(38)35(30(28)39)22-12-6-19(2)7-13-22/h4-15,25,27-28H,16-17H2,1-3H3/t25-,27+,28+/m1/s1. The molecule has 0 unspecified atom stereocenters. The second kappa shape index (κ2) is 10.0. The first-order valence-corrected chi connectivity index (χ1v) is 13.1. The molecule has 3 atom stereocenters. The van der Waals surface area contributed by atoms with Gasteiger partial charge in [-0.2, -0.15) is 10.2 Å². The second-order valence-corrected chi connectivity index (χ2v) is 10.2. The van der Waals surface area contributed by atoms with E-state index in [4.69, 9.17) is 9.84 Å². The van der Waals surface area contributed by atoms with Gasteiger partial charge < -0.3 is 4.74 Å². The molecule has 0 radical (unpaired) electrons. The van der Waals surface area contributed by atoms with Crippen LogP contribution in [0.15, 0.2) is 88.2 Å². The highest BCUT2D eigenvalue weighted by Gasteiger charge is 2.55. The van der Waals surface area contributed by atoms with Crippen LogP contribution in [-0.2, 0) is 14.4 Å². The minimum Gasteiger partial charge on any atom is -0.497 e. The van der Waals surface area contributed by atoms with E-state index in [-0.39, 0.29) is 18.5 Å². The molecule has 0 aliphatic carbocycles. The summed E-state index contributed by atoms with van der Waals surface area (Å²) in [7, 11) is 1.60. The zero-order valence-electron chi connectivity index (χ0n) is 22.4. The Bertz CT molecular complexity index is 1530. The molecule has 3 aromatic rings. The van der Waals surface area contributed by atoms with E-state index >= 15 is 0 Å². The average molecular weight is 537 g/mol. The zero-order valence-corrected chi connectivity index (χ0v) is 22.4. The lowest BCUT2D eigenvalue weighted by molar-refractivity contribution is -0.135. The van der Waals surface area contributed by atoms with Crippen molar-refractivity contribution in [2.24, 2.45) is 15.4 Å². The summed E-state index contributed by atoms with van der Waals surface area (Å²) in [6, 6.07) is 20.4. The third-order valence-corrected chi connectivity index (χ3v) is 7.50. The lowest BCUT2D eigenvalue weighted by atomic mass is 9.98. The molecule has 10 heteroatoms. The summed E-state index contributed by atoms with van der Waals surface area (Å²) in [5, 5.41) is 15.6. The SMILES string of the molecule is COc1ccc([C@H]2CC(c3ccc(C)cc3)=NN2C(=O)CN2N=N[C@@H]3C(=O)N(c4ccc(C)cc4)C(=O)[C@H]32)cc1. The van der Waals surface area contributed by atoms with Gasteiger partial charge in [-0.15, -0.1) is 0 Å². The van der Waals surface area contributed by atoms with Gasteiger partial charge in [0.05, 0.1) is 24.6 Å². The van der Waals surface area contributed by atoms with Gasteiger partial charge in [-0.05, 0) is 49.2 Å². The number of hydrogen-bond donors (Lipinski definition) is 0. The molecule has 3 aliphatic heterocycles. The number of hydrazone groups is 1. The number of benzene rings is 3. The normalized spacial score (nSPS) is 21.7. The van der Waals surface area contributed by atoms with Crippen LogP contribution in [0, 0.1) is 13.8 Å². The molecule has 1 fully saturated rings. The van der Waals surface area contributed by atoms with E-state index < -0.39 is 23.9 Å². The minimum absolute atomic E-state index is 0.247. The van der Waals surface area contributed by atoms with E-state index in [9.17, 15) is 14.4 Å². The molecule has 0 aromatic heterocycles. The van der Waals surface area contributed by atoms with E-state index in [0.29, 0.717) is 17.9 Å². The topological polar surface area (TPSA) is 107 Å². The summed E-state index contributed by atoms with van der Waals surface area (Å²) >= 11 is 0. The fraction of sp³-hybridized carbons (Fsp3) is 0.267. The Kier molecular flexibility index (Phi) is 6.37. The van der Waals surface area contributed by atoms with Gasteiger partial charge in [0.1, 0.15) is 12.3 Å². The maximum absolute atomic E-state index is 13.7. The molecule has 0 saturated carbocycles. The third-order valence-electron chi connectivity index (χ3n) is 7.50. The molecule has 40 heavy (non-hydrogen) atoms. The van der Waals surface area contributed by atoms with Gasteiger partial charge >= 0.3 is 0 Å². The minimum atomic E-state index is -0.982.